The van der Waals surface area contributed by atoms with Crippen LogP contribution in [0.25, 0.3) is 11.0 Å². The van der Waals surface area contributed by atoms with Crippen LogP contribution in [0, 0.1) is 5.92 Å². The number of fused-ring (bicyclic) bond motifs is 1. The molecule has 0 aliphatic heterocycles. The number of aromatic nitrogens is 3. The number of nitrogens with zero attached hydrogens (tertiary/aromatic N) is 1. The smallest absolute Gasteiger partial charge is 0.275 e. The van der Waals surface area contributed by atoms with Crippen molar-refractivity contribution in [2.75, 3.05) is 6.61 Å². The standard InChI is InChI=1S/C12H17N3O2/c1-2-8(6-16)3-4-9-5-13-11-10(9)14-7-15-12(11)17/h5,7-8,13,16H,2-4,6H2,1H3,(H,14,15,17)/t8-/m1/s1. The van der Waals surface area contributed by atoms with E-state index in [1.807, 2.05) is 6.20 Å². The number of aromatic amines is 2. The molecular weight excluding hydrogens is 218 g/mol. The van der Waals surface area contributed by atoms with E-state index < -0.39 is 0 Å². The maximum atomic E-state index is 11.5. The third kappa shape index (κ3) is 2.39. The van der Waals surface area contributed by atoms with Gasteiger partial charge in [-0.3, -0.25) is 4.79 Å². The first-order chi connectivity index (χ1) is 8.26. The van der Waals surface area contributed by atoms with Gasteiger partial charge < -0.3 is 15.1 Å². The monoisotopic (exact) mass is 235 g/mol. The van der Waals surface area contributed by atoms with Gasteiger partial charge in [0.1, 0.15) is 5.52 Å². The minimum Gasteiger partial charge on any atom is -0.396 e. The van der Waals surface area contributed by atoms with E-state index in [4.69, 9.17) is 5.11 Å². The van der Waals surface area contributed by atoms with E-state index in [0.717, 1.165) is 30.3 Å². The summed E-state index contributed by atoms with van der Waals surface area (Å²) in [6.45, 7) is 2.28. The largest absolute Gasteiger partial charge is 0.396 e. The zero-order valence-corrected chi connectivity index (χ0v) is 9.86. The summed E-state index contributed by atoms with van der Waals surface area (Å²) >= 11 is 0. The van der Waals surface area contributed by atoms with Crippen LogP contribution in [-0.4, -0.2) is 26.7 Å². The lowest BCUT2D eigenvalue weighted by atomic mass is 9.99. The summed E-state index contributed by atoms with van der Waals surface area (Å²) in [4.78, 5) is 21.1. The normalized spacial score (nSPS) is 13.1. The quantitative estimate of drug-likeness (QED) is 0.728. The molecule has 0 aliphatic rings. The Morgan fingerprint density at radius 3 is 3.00 bits per heavy atom. The molecule has 2 heterocycles. The minimum atomic E-state index is -0.143. The highest BCUT2D eigenvalue weighted by atomic mass is 16.3. The van der Waals surface area contributed by atoms with Crippen LogP contribution in [0.3, 0.4) is 0 Å². The number of aliphatic hydroxyl groups excluding tert-OH is 1. The highest BCUT2D eigenvalue weighted by molar-refractivity contribution is 5.77. The van der Waals surface area contributed by atoms with E-state index in [0.29, 0.717) is 11.4 Å². The van der Waals surface area contributed by atoms with Gasteiger partial charge in [0.2, 0.25) is 0 Å². The lowest BCUT2D eigenvalue weighted by Crippen LogP contribution is -2.07. The van der Waals surface area contributed by atoms with Gasteiger partial charge in [0.25, 0.3) is 5.56 Å². The van der Waals surface area contributed by atoms with Gasteiger partial charge in [-0.1, -0.05) is 13.3 Å². The van der Waals surface area contributed by atoms with Crippen LogP contribution in [0.1, 0.15) is 25.3 Å². The molecule has 2 aromatic heterocycles. The molecule has 5 nitrogen and oxygen atoms in total. The van der Waals surface area contributed by atoms with Crippen LogP contribution < -0.4 is 5.56 Å². The fourth-order valence-corrected chi connectivity index (χ4v) is 1.98. The fourth-order valence-electron chi connectivity index (χ4n) is 1.98. The van der Waals surface area contributed by atoms with Crippen molar-refractivity contribution in [2.45, 2.75) is 26.2 Å². The summed E-state index contributed by atoms with van der Waals surface area (Å²) in [7, 11) is 0. The lowest BCUT2D eigenvalue weighted by molar-refractivity contribution is 0.215. The molecule has 0 unspecified atom stereocenters. The van der Waals surface area contributed by atoms with Crippen molar-refractivity contribution in [1.82, 2.24) is 15.0 Å². The molecule has 0 bridgehead atoms. The molecule has 2 rings (SSSR count). The third-order valence-corrected chi connectivity index (χ3v) is 3.21. The Hall–Kier alpha value is -1.62. The second-order valence-corrected chi connectivity index (χ2v) is 4.26. The average Bonchev–Trinajstić information content (AvgIpc) is 2.75. The highest BCUT2D eigenvalue weighted by Crippen LogP contribution is 2.17. The number of hydrogen-bond acceptors (Lipinski definition) is 3. The van der Waals surface area contributed by atoms with E-state index >= 15 is 0 Å². The van der Waals surface area contributed by atoms with Crippen molar-refractivity contribution in [1.29, 1.82) is 0 Å². The molecule has 0 saturated carbocycles. The SMILES string of the molecule is CC[C@@H](CO)CCc1c[nH]c2c(=O)[nH]cnc12. The van der Waals surface area contributed by atoms with Crippen LogP contribution in [0.15, 0.2) is 17.3 Å². The number of hydrogen-bond donors (Lipinski definition) is 3. The summed E-state index contributed by atoms with van der Waals surface area (Å²) in [5.74, 6) is 0.321. The average molecular weight is 235 g/mol. The van der Waals surface area contributed by atoms with E-state index in [1.165, 1.54) is 6.33 Å². The number of rotatable bonds is 5. The Morgan fingerprint density at radius 2 is 2.29 bits per heavy atom. The summed E-state index contributed by atoms with van der Waals surface area (Å²) in [5, 5.41) is 9.13. The first-order valence-corrected chi connectivity index (χ1v) is 5.90. The molecule has 0 aliphatic carbocycles. The predicted molar refractivity (Wildman–Crippen MR) is 65.9 cm³/mol. The van der Waals surface area contributed by atoms with Gasteiger partial charge >= 0.3 is 0 Å². The predicted octanol–water partition coefficient (Wildman–Crippen LogP) is 1.20. The molecule has 0 fully saturated rings. The zero-order valence-electron chi connectivity index (χ0n) is 9.86. The molecule has 0 spiro atoms. The zero-order chi connectivity index (χ0) is 12.3. The molecule has 5 heteroatoms. The van der Waals surface area contributed by atoms with Crippen LogP contribution in [0.2, 0.25) is 0 Å². The molecule has 2 aromatic rings. The Morgan fingerprint density at radius 1 is 1.47 bits per heavy atom. The lowest BCUT2D eigenvalue weighted by Gasteiger charge is -2.09. The Bertz CT molecular complexity index is 540. The summed E-state index contributed by atoms with van der Waals surface area (Å²) in [6, 6.07) is 0. The van der Waals surface area contributed by atoms with Crippen molar-refractivity contribution >= 4 is 11.0 Å². The van der Waals surface area contributed by atoms with E-state index in [1.54, 1.807) is 0 Å². The van der Waals surface area contributed by atoms with Crippen LogP contribution >= 0.6 is 0 Å². The maximum absolute atomic E-state index is 11.5. The number of aliphatic hydroxyl groups is 1. The molecule has 0 saturated heterocycles. The molecule has 1 atom stereocenters. The van der Waals surface area contributed by atoms with Gasteiger partial charge in [-0.2, -0.15) is 0 Å². The first kappa shape index (κ1) is 11.9. The van der Waals surface area contributed by atoms with Crippen molar-refractivity contribution in [3.63, 3.8) is 0 Å². The maximum Gasteiger partial charge on any atom is 0.275 e. The van der Waals surface area contributed by atoms with Crippen molar-refractivity contribution < 1.29 is 5.11 Å². The molecule has 92 valence electrons. The van der Waals surface area contributed by atoms with Gasteiger partial charge in [0.15, 0.2) is 0 Å². The number of nitrogens with one attached hydrogen (secondary N) is 2. The summed E-state index contributed by atoms with van der Waals surface area (Å²) < 4.78 is 0. The second-order valence-electron chi connectivity index (χ2n) is 4.26. The van der Waals surface area contributed by atoms with Crippen molar-refractivity contribution in [3.8, 4) is 0 Å². The van der Waals surface area contributed by atoms with Gasteiger partial charge in [0, 0.05) is 12.8 Å². The Kier molecular flexibility index (Phi) is 3.58. The van der Waals surface area contributed by atoms with E-state index in [9.17, 15) is 4.79 Å². The number of aryl methyl sites for hydroxylation is 1. The van der Waals surface area contributed by atoms with Crippen molar-refractivity contribution in [3.05, 3.63) is 28.4 Å². The molecular formula is C12H17N3O2. The molecule has 0 amide bonds. The van der Waals surface area contributed by atoms with Crippen LogP contribution in [0.5, 0.6) is 0 Å². The highest BCUT2D eigenvalue weighted by Gasteiger charge is 2.10. The topological polar surface area (TPSA) is 81.8 Å². The summed E-state index contributed by atoms with van der Waals surface area (Å²) in [6.07, 6.45) is 5.96. The third-order valence-electron chi connectivity index (χ3n) is 3.21. The second kappa shape index (κ2) is 5.14. The number of H-pyrrole nitrogens is 2. The van der Waals surface area contributed by atoms with Crippen LogP contribution in [0.4, 0.5) is 0 Å². The molecule has 3 N–H and O–H groups in total. The Balaban J connectivity index is 2.20. The van der Waals surface area contributed by atoms with E-state index in [-0.39, 0.29) is 12.2 Å². The molecule has 17 heavy (non-hydrogen) atoms. The van der Waals surface area contributed by atoms with Gasteiger partial charge in [0.05, 0.1) is 11.8 Å². The van der Waals surface area contributed by atoms with Crippen LogP contribution in [-0.2, 0) is 6.42 Å². The van der Waals surface area contributed by atoms with E-state index in [2.05, 4.69) is 21.9 Å². The van der Waals surface area contributed by atoms with Crippen molar-refractivity contribution in [2.24, 2.45) is 5.92 Å². The molecule has 0 radical (unpaired) electrons. The van der Waals surface area contributed by atoms with Gasteiger partial charge in [-0.25, -0.2) is 4.98 Å². The molecule has 0 aromatic carbocycles. The van der Waals surface area contributed by atoms with Gasteiger partial charge in [-0.05, 0) is 24.3 Å². The summed E-state index contributed by atoms with van der Waals surface area (Å²) in [5.41, 5.74) is 2.16. The first-order valence-electron chi connectivity index (χ1n) is 5.90. The fraction of sp³-hybridized carbons (Fsp3) is 0.500. The minimum absolute atomic E-state index is 0.143. The van der Waals surface area contributed by atoms with Gasteiger partial charge in [-0.15, -0.1) is 0 Å². The Labute approximate surface area is 98.9 Å².